The lowest BCUT2D eigenvalue weighted by Gasteiger charge is -2.07. The zero-order valence-corrected chi connectivity index (χ0v) is 13.3. The Kier molecular flexibility index (Phi) is 5.16. The summed E-state index contributed by atoms with van der Waals surface area (Å²) in [6.07, 6.45) is 0. The Morgan fingerprint density at radius 1 is 1.14 bits per heavy atom. The lowest BCUT2D eigenvalue weighted by atomic mass is 10.1. The van der Waals surface area contributed by atoms with Gasteiger partial charge < -0.3 is 14.6 Å². The van der Waals surface area contributed by atoms with Crippen molar-refractivity contribution in [2.75, 3.05) is 13.7 Å². The highest BCUT2D eigenvalue weighted by Crippen LogP contribution is 2.25. The van der Waals surface area contributed by atoms with Crippen molar-refractivity contribution in [1.29, 1.82) is 0 Å². The fourth-order valence-electron chi connectivity index (χ4n) is 1.77. The predicted octanol–water partition coefficient (Wildman–Crippen LogP) is 3.20. The number of ether oxygens (including phenoxy) is 2. The standard InChI is InChI=1S/C16H13BrO5/c1-21-15-6-5-10(8-13(15)17)14(19)9-22-16(20)11-3-2-4-12(18)7-11/h2-8,18H,9H2,1H3. The number of carbonyl (C=O) groups is 2. The van der Waals surface area contributed by atoms with Gasteiger partial charge in [-0.1, -0.05) is 6.07 Å². The molecule has 0 aliphatic carbocycles. The van der Waals surface area contributed by atoms with Crippen molar-refractivity contribution in [2.45, 2.75) is 0 Å². The number of halogens is 1. The lowest BCUT2D eigenvalue weighted by Crippen LogP contribution is -2.14. The number of aromatic hydroxyl groups is 1. The second kappa shape index (κ2) is 7.09. The SMILES string of the molecule is COc1ccc(C(=O)COC(=O)c2cccc(O)c2)cc1Br. The van der Waals surface area contributed by atoms with Gasteiger partial charge in [0.2, 0.25) is 0 Å². The third-order valence-corrected chi connectivity index (χ3v) is 3.51. The maximum absolute atomic E-state index is 12.0. The average Bonchev–Trinajstić information content (AvgIpc) is 2.52. The third kappa shape index (κ3) is 3.85. The van der Waals surface area contributed by atoms with E-state index in [1.165, 1.54) is 31.4 Å². The van der Waals surface area contributed by atoms with Gasteiger partial charge in [0.1, 0.15) is 11.5 Å². The van der Waals surface area contributed by atoms with Crippen LogP contribution in [0.2, 0.25) is 0 Å². The van der Waals surface area contributed by atoms with E-state index >= 15 is 0 Å². The molecule has 0 atom stereocenters. The monoisotopic (exact) mass is 364 g/mol. The molecule has 0 unspecified atom stereocenters. The summed E-state index contributed by atoms with van der Waals surface area (Å²) in [5, 5.41) is 9.31. The Morgan fingerprint density at radius 2 is 1.91 bits per heavy atom. The summed E-state index contributed by atoms with van der Waals surface area (Å²) in [6, 6.07) is 10.6. The van der Waals surface area contributed by atoms with Crippen molar-refractivity contribution in [3.05, 3.63) is 58.1 Å². The summed E-state index contributed by atoms with van der Waals surface area (Å²) < 4.78 is 10.7. The molecule has 0 amide bonds. The number of hydrogen-bond acceptors (Lipinski definition) is 5. The van der Waals surface area contributed by atoms with Crippen LogP contribution < -0.4 is 4.74 Å². The first-order valence-corrected chi connectivity index (χ1v) is 7.13. The number of hydrogen-bond donors (Lipinski definition) is 1. The second-order valence-corrected chi connectivity index (χ2v) is 5.25. The lowest BCUT2D eigenvalue weighted by molar-refractivity contribution is 0.0474. The van der Waals surface area contributed by atoms with E-state index in [0.717, 1.165) is 0 Å². The Labute approximate surface area is 135 Å². The van der Waals surface area contributed by atoms with Gasteiger partial charge in [-0.3, -0.25) is 4.79 Å². The molecule has 0 aromatic heterocycles. The number of carbonyl (C=O) groups excluding carboxylic acids is 2. The van der Waals surface area contributed by atoms with Crippen LogP contribution in [-0.2, 0) is 4.74 Å². The molecule has 0 aliphatic heterocycles. The number of rotatable bonds is 5. The molecule has 0 aliphatic rings. The molecule has 0 saturated heterocycles. The highest BCUT2D eigenvalue weighted by molar-refractivity contribution is 9.10. The number of methoxy groups -OCH3 is 1. The summed E-state index contributed by atoms with van der Waals surface area (Å²) in [7, 11) is 1.53. The Bertz CT molecular complexity index is 711. The number of phenolic OH excluding ortho intramolecular Hbond substituents is 1. The molecule has 6 heteroatoms. The molecule has 0 fully saturated rings. The summed E-state index contributed by atoms with van der Waals surface area (Å²) in [5.41, 5.74) is 0.583. The summed E-state index contributed by atoms with van der Waals surface area (Å²) in [4.78, 5) is 23.8. The predicted molar refractivity (Wildman–Crippen MR) is 83.4 cm³/mol. The fraction of sp³-hybridized carbons (Fsp3) is 0.125. The molecule has 5 nitrogen and oxygen atoms in total. The summed E-state index contributed by atoms with van der Waals surface area (Å²) in [6.45, 7) is -0.382. The van der Waals surface area contributed by atoms with E-state index in [4.69, 9.17) is 9.47 Å². The molecule has 0 saturated carbocycles. The van der Waals surface area contributed by atoms with E-state index in [9.17, 15) is 14.7 Å². The smallest absolute Gasteiger partial charge is 0.338 e. The molecule has 2 aromatic carbocycles. The van der Waals surface area contributed by atoms with Gasteiger partial charge in [0.15, 0.2) is 12.4 Å². The first kappa shape index (κ1) is 16.0. The first-order chi connectivity index (χ1) is 10.5. The minimum atomic E-state index is -0.670. The molecule has 114 valence electrons. The van der Waals surface area contributed by atoms with E-state index < -0.39 is 5.97 Å². The molecule has 0 radical (unpaired) electrons. The van der Waals surface area contributed by atoms with E-state index in [1.54, 1.807) is 18.2 Å². The van der Waals surface area contributed by atoms with E-state index in [2.05, 4.69) is 15.9 Å². The molecule has 0 bridgehead atoms. The maximum Gasteiger partial charge on any atom is 0.338 e. The van der Waals surface area contributed by atoms with E-state index in [1.807, 2.05) is 0 Å². The topological polar surface area (TPSA) is 72.8 Å². The molecular weight excluding hydrogens is 352 g/mol. The Balaban J connectivity index is 2.00. The number of ketones is 1. The quantitative estimate of drug-likeness (QED) is 0.651. The Hall–Kier alpha value is -2.34. The summed E-state index contributed by atoms with van der Waals surface area (Å²) >= 11 is 3.29. The van der Waals surface area contributed by atoms with Gasteiger partial charge in [0.25, 0.3) is 0 Å². The van der Waals surface area contributed by atoms with Crippen LogP contribution in [0.15, 0.2) is 46.9 Å². The van der Waals surface area contributed by atoms with Gasteiger partial charge in [-0.15, -0.1) is 0 Å². The summed E-state index contributed by atoms with van der Waals surface area (Å²) in [5.74, 6) is -0.443. The van der Waals surface area contributed by atoms with Gasteiger partial charge in [-0.05, 0) is 52.3 Å². The molecule has 0 heterocycles. The van der Waals surface area contributed by atoms with Crippen molar-refractivity contribution in [2.24, 2.45) is 0 Å². The van der Waals surface area contributed by atoms with Crippen LogP contribution in [-0.4, -0.2) is 30.6 Å². The normalized spacial score (nSPS) is 10.1. The molecule has 22 heavy (non-hydrogen) atoms. The van der Waals surface area contributed by atoms with Crippen LogP contribution in [0.1, 0.15) is 20.7 Å². The number of benzene rings is 2. The number of phenols is 1. The van der Waals surface area contributed by atoms with Crippen molar-refractivity contribution in [1.82, 2.24) is 0 Å². The van der Waals surface area contributed by atoms with Crippen molar-refractivity contribution >= 4 is 27.7 Å². The van der Waals surface area contributed by atoms with Gasteiger partial charge in [-0.25, -0.2) is 4.79 Å². The zero-order valence-electron chi connectivity index (χ0n) is 11.7. The van der Waals surface area contributed by atoms with Crippen LogP contribution in [0.3, 0.4) is 0 Å². The molecule has 2 rings (SSSR count). The zero-order chi connectivity index (χ0) is 16.1. The van der Waals surface area contributed by atoms with Crippen molar-refractivity contribution in [3.63, 3.8) is 0 Å². The van der Waals surface area contributed by atoms with Crippen molar-refractivity contribution in [3.8, 4) is 11.5 Å². The average molecular weight is 365 g/mol. The Morgan fingerprint density at radius 3 is 2.55 bits per heavy atom. The molecule has 0 spiro atoms. The minimum Gasteiger partial charge on any atom is -0.508 e. The van der Waals surface area contributed by atoms with Gasteiger partial charge >= 0.3 is 5.97 Å². The van der Waals surface area contributed by atoms with Crippen LogP contribution in [0, 0.1) is 0 Å². The number of Topliss-reactive ketones (excluding diaryl/α,β-unsaturated/α-hetero) is 1. The fourth-order valence-corrected chi connectivity index (χ4v) is 2.31. The highest BCUT2D eigenvalue weighted by Gasteiger charge is 2.13. The van der Waals surface area contributed by atoms with Crippen LogP contribution in [0.5, 0.6) is 11.5 Å². The highest BCUT2D eigenvalue weighted by atomic mass is 79.9. The number of esters is 1. The van der Waals surface area contributed by atoms with Crippen molar-refractivity contribution < 1.29 is 24.2 Å². The second-order valence-electron chi connectivity index (χ2n) is 4.40. The van der Waals surface area contributed by atoms with Gasteiger partial charge in [0.05, 0.1) is 17.1 Å². The van der Waals surface area contributed by atoms with Crippen LogP contribution in [0.4, 0.5) is 0 Å². The third-order valence-electron chi connectivity index (χ3n) is 2.89. The van der Waals surface area contributed by atoms with Crippen LogP contribution >= 0.6 is 15.9 Å². The molecule has 2 aromatic rings. The minimum absolute atomic E-state index is 0.0418. The largest absolute Gasteiger partial charge is 0.508 e. The van der Waals surface area contributed by atoms with Crippen LogP contribution in [0.25, 0.3) is 0 Å². The first-order valence-electron chi connectivity index (χ1n) is 6.34. The molecular formula is C16H13BrO5. The van der Waals surface area contributed by atoms with E-state index in [0.29, 0.717) is 15.8 Å². The molecule has 1 N–H and O–H groups in total. The van der Waals surface area contributed by atoms with E-state index in [-0.39, 0.29) is 23.7 Å². The maximum atomic E-state index is 12.0. The van der Waals surface area contributed by atoms with Gasteiger partial charge in [0, 0.05) is 5.56 Å². The van der Waals surface area contributed by atoms with Gasteiger partial charge in [-0.2, -0.15) is 0 Å².